The number of carbonyl (C=O) groups excluding carboxylic acids is 1. The molecule has 35 heavy (non-hydrogen) atoms. The quantitative estimate of drug-likeness (QED) is 0.452. The molecule has 0 saturated carbocycles. The number of nitrogens with one attached hydrogen (secondary N) is 3. The third-order valence-electron chi connectivity index (χ3n) is 5.21. The van der Waals surface area contributed by atoms with Crippen LogP contribution in [-0.4, -0.2) is 72.4 Å². The third kappa shape index (κ3) is 9.66. The number of halogens is 1. The van der Waals surface area contributed by atoms with Gasteiger partial charge in [-0.25, -0.2) is 14.8 Å². The minimum Gasteiger partial charge on any atom is -0.489 e. The molecule has 1 atom stereocenters. The van der Waals surface area contributed by atoms with Crippen LogP contribution in [0.5, 0.6) is 5.75 Å². The Labute approximate surface area is 212 Å². The average molecular weight is 504 g/mol. The summed E-state index contributed by atoms with van der Waals surface area (Å²) in [6.07, 6.45) is 3.43. The fourth-order valence-electron chi connectivity index (χ4n) is 3.60. The van der Waals surface area contributed by atoms with Crippen LogP contribution in [0.15, 0.2) is 30.6 Å². The molecule has 0 unspecified atom stereocenters. The number of hydrogen-bond acceptors (Lipinski definition) is 8. The second-order valence-electron chi connectivity index (χ2n) is 8.49. The molecule has 0 spiro atoms. The van der Waals surface area contributed by atoms with Crippen LogP contribution in [0.3, 0.4) is 0 Å². The highest BCUT2D eigenvalue weighted by atomic mass is 35.5. The van der Waals surface area contributed by atoms with Crippen molar-refractivity contribution in [3.8, 4) is 11.8 Å². The van der Waals surface area contributed by atoms with Crippen molar-refractivity contribution in [3.63, 3.8) is 0 Å². The Morgan fingerprint density at radius 2 is 1.97 bits per heavy atom. The van der Waals surface area contributed by atoms with Crippen molar-refractivity contribution in [2.45, 2.75) is 39.3 Å². The number of urea groups is 1. The minimum atomic E-state index is -0.473. The van der Waals surface area contributed by atoms with Crippen LogP contribution in [0.4, 0.5) is 16.3 Å². The van der Waals surface area contributed by atoms with E-state index in [0.29, 0.717) is 17.5 Å². The van der Waals surface area contributed by atoms with Crippen molar-refractivity contribution in [2.75, 3.05) is 50.0 Å². The molecule has 1 saturated heterocycles. The zero-order valence-electron chi connectivity index (χ0n) is 20.4. The summed E-state index contributed by atoms with van der Waals surface area (Å²) in [6.45, 7) is 11.5. The molecule has 1 aromatic heterocycles. The summed E-state index contributed by atoms with van der Waals surface area (Å²) < 4.78 is 11.4. The monoisotopic (exact) mass is 503 g/mol. The lowest BCUT2D eigenvalue weighted by atomic mass is 10.1. The van der Waals surface area contributed by atoms with E-state index in [0.717, 1.165) is 51.4 Å². The molecule has 0 radical (unpaired) electrons. The van der Waals surface area contributed by atoms with Gasteiger partial charge < -0.3 is 20.1 Å². The van der Waals surface area contributed by atoms with Gasteiger partial charge in [0.2, 0.25) is 0 Å². The Hall–Kier alpha value is -2.97. The predicted molar refractivity (Wildman–Crippen MR) is 137 cm³/mol. The lowest BCUT2D eigenvalue weighted by molar-refractivity contribution is 0.0344. The van der Waals surface area contributed by atoms with E-state index < -0.39 is 6.03 Å². The van der Waals surface area contributed by atoms with Gasteiger partial charge in [-0.05, 0) is 51.4 Å². The van der Waals surface area contributed by atoms with Gasteiger partial charge in [0, 0.05) is 25.7 Å². The number of benzene rings is 1. The maximum absolute atomic E-state index is 12.4. The van der Waals surface area contributed by atoms with Gasteiger partial charge in [-0.15, -0.1) is 12.4 Å². The highest BCUT2D eigenvalue weighted by Gasteiger charge is 2.14. The third-order valence-corrected chi connectivity index (χ3v) is 5.21. The van der Waals surface area contributed by atoms with Gasteiger partial charge in [-0.3, -0.25) is 10.2 Å². The molecule has 1 aliphatic rings. The van der Waals surface area contributed by atoms with Crippen LogP contribution in [0.2, 0.25) is 0 Å². The first-order chi connectivity index (χ1) is 16.4. The predicted octanol–water partition coefficient (Wildman–Crippen LogP) is 3.05. The molecule has 0 aliphatic carbocycles. The van der Waals surface area contributed by atoms with E-state index in [1.165, 1.54) is 12.4 Å². The highest BCUT2D eigenvalue weighted by Crippen LogP contribution is 2.27. The number of nitriles is 1. The molecule has 3 N–H and O–H groups in total. The number of hydrogen-bond donors (Lipinski definition) is 3. The van der Waals surface area contributed by atoms with E-state index in [1.807, 2.05) is 38.1 Å². The normalized spacial score (nSPS) is 14.5. The first-order valence-electron chi connectivity index (χ1n) is 11.6. The Kier molecular flexibility index (Phi) is 11.7. The van der Waals surface area contributed by atoms with E-state index in [1.54, 1.807) is 0 Å². The van der Waals surface area contributed by atoms with Crippen molar-refractivity contribution in [1.29, 1.82) is 5.26 Å². The van der Waals surface area contributed by atoms with E-state index in [-0.39, 0.29) is 30.0 Å². The molecule has 1 aromatic carbocycles. The fraction of sp³-hybridized carbons (Fsp3) is 0.500. The summed E-state index contributed by atoms with van der Waals surface area (Å²) in [7, 11) is 0. The number of nitrogens with zero attached hydrogens (tertiary/aromatic N) is 4. The van der Waals surface area contributed by atoms with E-state index in [2.05, 4.69) is 37.7 Å². The van der Waals surface area contributed by atoms with Crippen LogP contribution in [-0.2, 0) is 11.2 Å². The Balaban J connectivity index is 0.00000432. The molecular weight excluding hydrogens is 470 g/mol. The summed E-state index contributed by atoms with van der Waals surface area (Å²) in [4.78, 5) is 22.7. The number of aromatic nitrogens is 2. The van der Waals surface area contributed by atoms with Crippen molar-refractivity contribution in [1.82, 2.24) is 20.2 Å². The van der Waals surface area contributed by atoms with Gasteiger partial charge in [0.05, 0.1) is 37.4 Å². The summed E-state index contributed by atoms with van der Waals surface area (Å²) in [5.74, 6) is 0.853. The standard InChI is InChI=1S/C24H33N7O3.ClH/c1-17(2)34-22-12-19(6-7-26-18(3)16-31-8-10-33-11-9-31)4-5-21(22)29-24(32)30-23-15-27-20(13-25)14-28-23;/h4-5,12,14-15,17-18,26H,6-11,16H2,1-3H3,(H2,28,29,30,32);1H/t18-;/m0./s1. The maximum Gasteiger partial charge on any atom is 0.324 e. The summed E-state index contributed by atoms with van der Waals surface area (Å²) in [5, 5.41) is 17.8. The average Bonchev–Trinajstić information content (AvgIpc) is 2.81. The zero-order valence-corrected chi connectivity index (χ0v) is 21.2. The lowest BCUT2D eigenvalue weighted by Gasteiger charge is -2.29. The van der Waals surface area contributed by atoms with Gasteiger partial charge in [0.15, 0.2) is 11.5 Å². The maximum atomic E-state index is 12.4. The van der Waals surface area contributed by atoms with E-state index in [4.69, 9.17) is 14.7 Å². The zero-order chi connectivity index (χ0) is 24.3. The molecule has 2 amide bonds. The molecule has 2 aromatic rings. The minimum absolute atomic E-state index is 0. The molecule has 1 aliphatic heterocycles. The summed E-state index contributed by atoms with van der Waals surface area (Å²) in [5.41, 5.74) is 1.86. The lowest BCUT2D eigenvalue weighted by Crippen LogP contribution is -2.44. The number of rotatable bonds is 10. The molecule has 11 heteroatoms. The summed E-state index contributed by atoms with van der Waals surface area (Å²) >= 11 is 0. The molecule has 1 fully saturated rings. The second-order valence-corrected chi connectivity index (χ2v) is 8.49. The van der Waals surface area contributed by atoms with Gasteiger partial charge in [-0.2, -0.15) is 5.26 Å². The molecule has 2 heterocycles. The fourth-order valence-corrected chi connectivity index (χ4v) is 3.60. The molecular formula is C24H34ClN7O3. The van der Waals surface area contributed by atoms with Crippen molar-refractivity contribution < 1.29 is 14.3 Å². The van der Waals surface area contributed by atoms with Crippen molar-refractivity contribution >= 4 is 29.9 Å². The molecule has 10 nitrogen and oxygen atoms in total. The molecule has 3 rings (SSSR count). The van der Waals surface area contributed by atoms with E-state index >= 15 is 0 Å². The van der Waals surface area contributed by atoms with Gasteiger partial charge in [-0.1, -0.05) is 6.07 Å². The summed E-state index contributed by atoms with van der Waals surface area (Å²) in [6, 6.07) is 7.59. The largest absolute Gasteiger partial charge is 0.489 e. The number of amides is 2. The smallest absolute Gasteiger partial charge is 0.324 e. The van der Waals surface area contributed by atoms with Crippen LogP contribution in [0, 0.1) is 11.3 Å². The first kappa shape index (κ1) is 28.3. The second kappa shape index (κ2) is 14.4. The van der Waals surface area contributed by atoms with Crippen LogP contribution < -0.4 is 20.7 Å². The first-order valence-corrected chi connectivity index (χ1v) is 11.6. The Morgan fingerprint density at radius 1 is 1.20 bits per heavy atom. The highest BCUT2D eigenvalue weighted by molar-refractivity contribution is 6.00. The molecule has 0 bridgehead atoms. The Bertz CT molecular complexity index is 976. The number of ether oxygens (including phenoxy) is 2. The van der Waals surface area contributed by atoms with Gasteiger partial charge >= 0.3 is 6.03 Å². The van der Waals surface area contributed by atoms with Gasteiger partial charge in [0.1, 0.15) is 11.8 Å². The van der Waals surface area contributed by atoms with Crippen molar-refractivity contribution in [2.24, 2.45) is 0 Å². The van der Waals surface area contributed by atoms with Crippen LogP contribution >= 0.6 is 12.4 Å². The van der Waals surface area contributed by atoms with Gasteiger partial charge in [0.25, 0.3) is 0 Å². The topological polar surface area (TPSA) is 124 Å². The Morgan fingerprint density at radius 3 is 2.63 bits per heavy atom. The van der Waals surface area contributed by atoms with Crippen molar-refractivity contribution in [3.05, 3.63) is 41.9 Å². The van der Waals surface area contributed by atoms with Crippen LogP contribution in [0.25, 0.3) is 0 Å². The van der Waals surface area contributed by atoms with Crippen LogP contribution in [0.1, 0.15) is 32.0 Å². The number of morpholine rings is 1. The SMILES string of the molecule is CC(C)Oc1cc(CCN[C@@H](C)CN2CCOCC2)ccc1NC(=O)Nc1cnc(C#N)cn1.Cl. The number of anilines is 2. The van der Waals surface area contributed by atoms with E-state index in [9.17, 15) is 4.79 Å². The molecule has 190 valence electrons. The number of carbonyl (C=O) groups is 1.